The first-order valence-corrected chi connectivity index (χ1v) is 8.31. The van der Waals surface area contributed by atoms with Gasteiger partial charge in [-0.15, -0.1) is 0 Å². The average molecular weight is 333 g/mol. The quantitative estimate of drug-likeness (QED) is 0.768. The van der Waals surface area contributed by atoms with E-state index in [1.807, 2.05) is 25.1 Å². The molecule has 1 aliphatic carbocycles. The van der Waals surface area contributed by atoms with E-state index in [2.05, 4.69) is 27.2 Å². The molecule has 1 saturated carbocycles. The van der Waals surface area contributed by atoms with Crippen molar-refractivity contribution >= 4 is 28.3 Å². The lowest BCUT2D eigenvalue weighted by Crippen LogP contribution is -2.15. The SMILES string of the molecule is Cc1ccncc1-c1cc2cc(NC(=O)C3C[C@H]3C)ncc2c(N)n1. The van der Waals surface area contributed by atoms with Gasteiger partial charge >= 0.3 is 0 Å². The third-order valence-electron chi connectivity index (χ3n) is 4.76. The first-order valence-electron chi connectivity index (χ1n) is 8.31. The van der Waals surface area contributed by atoms with Crippen LogP contribution in [0.2, 0.25) is 0 Å². The number of nitrogens with two attached hydrogens (primary N) is 1. The third kappa shape index (κ3) is 2.91. The lowest BCUT2D eigenvalue weighted by Gasteiger charge is -2.10. The van der Waals surface area contributed by atoms with E-state index in [1.54, 1.807) is 18.6 Å². The normalized spacial score (nSPS) is 19.0. The van der Waals surface area contributed by atoms with Crippen molar-refractivity contribution < 1.29 is 4.79 Å². The van der Waals surface area contributed by atoms with E-state index in [4.69, 9.17) is 5.73 Å². The zero-order valence-electron chi connectivity index (χ0n) is 14.2. The molecule has 0 saturated heterocycles. The second-order valence-corrected chi connectivity index (χ2v) is 6.68. The molecule has 4 rings (SSSR count). The summed E-state index contributed by atoms with van der Waals surface area (Å²) in [6, 6.07) is 5.73. The number of nitrogen functional groups attached to an aromatic ring is 1. The summed E-state index contributed by atoms with van der Waals surface area (Å²) in [7, 11) is 0. The van der Waals surface area contributed by atoms with Crippen LogP contribution in [0.4, 0.5) is 11.6 Å². The van der Waals surface area contributed by atoms with Gasteiger partial charge in [0.05, 0.1) is 5.69 Å². The molecule has 3 aromatic heterocycles. The maximum Gasteiger partial charge on any atom is 0.228 e. The summed E-state index contributed by atoms with van der Waals surface area (Å²) in [6.07, 6.45) is 6.13. The number of aryl methyl sites for hydroxylation is 1. The fourth-order valence-corrected chi connectivity index (χ4v) is 3.02. The van der Waals surface area contributed by atoms with Crippen molar-refractivity contribution in [1.82, 2.24) is 15.0 Å². The monoisotopic (exact) mass is 333 g/mol. The Morgan fingerprint density at radius 1 is 1.32 bits per heavy atom. The highest BCUT2D eigenvalue weighted by Gasteiger charge is 2.39. The Morgan fingerprint density at radius 2 is 2.12 bits per heavy atom. The molecule has 0 radical (unpaired) electrons. The minimum absolute atomic E-state index is 0.0321. The Morgan fingerprint density at radius 3 is 2.84 bits per heavy atom. The number of hydrogen-bond acceptors (Lipinski definition) is 5. The number of carbonyl (C=O) groups is 1. The highest BCUT2D eigenvalue weighted by atomic mass is 16.2. The molecule has 126 valence electrons. The first kappa shape index (κ1) is 15.5. The molecule has 1 amide bonds. The number of carbonyl (C=O) groups excluding carboxylic acids is 1. The van der Waals surface area contributed by atoms with Crippen LogP contribution < -0.4 is 11.1 Å². The van der Waals surface area contributed by atoms with Crippen molar-refractivity contribution in [3.8, 4) is 11.3 Å². The van der Waals surface area contributed by atoms with Gasteiger partial charge in [-0.2, -0.15) is 0 Å². The zero-order chi connectivity index (χ0) is 17.6. The Labute approximate surface area is 145 Å². The van der Waals surface area contributed by atoms with Crippen molar-refractivity contribution in [2.24, 2.45) is 11.8 Å². The number of anilines is 2. The van der Waals surface area contributed by atoms with Gasteiger partial charge in [-0.1, -0.05) is 6.92 Å². The largest absolute Gasteiger partial charge is 0.383 e. The number of rotatable bonds is 3. The fraction of sp³-hybridized carbons (Fsp3) is 0.263. The zero-order valence-corrected chi connectivity index (χ0v) is 14.2. The van der Waals surface area contributed by atoms with Crippen LogP contribution in [0, 0.1) is 18.8 Å². The lowest BCUT2D eigenvalue weighted by atomic mass is 10.1. The second-order valence-electron chi connectivity index (χ2n) is 6.68. The molecule has 1 unspecified atom stereocenters. The van der Waals surface area contributed by atoms with Gasteiger partial charge in [-0.3, -0.25) is 9.78 Å². The van der Waals surface area contributed by atoms with Gasteiger partial charge in [0.2, 0.25) is 5.91 Å². The number of nitrogens with one attached hydrogen (secondary N) is 1. The van der Waals surface area contributed by atoms with Gasteiger partial charge in [0.1, 0.15) is 11.6 Å². The van der Waals surface area contributed by atoms with E-state index in [0.29, 0.717) is 17.6 Å². The van der Waals surface area contributed by atoms with E-state index < -0.39 is 0 Å². The van der Waals surface area contributed by atoms with Crippen LogP contribution >= 0.6 is 0 Å². The number of amides is 1. The predicted octanol–water partition coefficient (Wildman–Crippen LogP) is 3.18. The van der Waals surface area contributed by atoms with E-state index in [1.165, 1.54) is 0 Å². The van der Waals surface area contributed by atoms with Crippen LogP contribution in [-0.2, 0) is 4.79 Å². The third-order valence-corrected chi connectivity index (χ3v) is 4.76. The summed E-state index contributed by atoms with van der Waals surface area (Å²) in [6.45, 7) is 4.08. The topological polar surface area (TPSA) is 93.8 Å². The Balaban J connectivity index is 1.73. The second kappa shape index (κ2) is 5.81. The molecule has 6 heteroatoms. The number of nitrogens with zero attached hydrogens (tertiary/aromatic N) is 3. The van der Waals surface area contributed by atoms with E-state index in [0.717, 1.165) is 34.0 Å². The summed E-state index contributed by atoms with van der Waals surface area (Å²) in [5.74, 6) is 1.55. The van der Waals surface area contributed by atoms with Crippen LogP contribution in [0.3, 0.4) is 0 Å². The maximum atomic E-state index is 12.1. The maximum absolute atomic E-state index is 12.1. The summed E-state index contributed by atoms with van der Waals surface area (Å²) >= 11 is 0. The standard InChI is InChI=1S/C19H19N5O/c1-10-3-4-21-8-14(10)16-6-12-7-17(22-9-15(12)18(20)23-16)24-19(25)13-5-11(13)2/h3-4,6-9,11,13H,5H2,1-2H3,(H2,20,23)(H,22,24,25)/t11-,13?/m1/s1. The van der Waals surface area contributed by atoms with Gasteiger partial charge < -0.3 is 11.1 Å². The van der Waals surface area contributed by atoms with Gasteiger partial charge in [-0.25, -0.2) is 9.97 Å². The minimum atomic E-state index is 0.0321. The van der Waals surface area contributed by atoms with Crippen LogP contribution in [0.15, 0.2) is 36.8 Å². The van der Waals surface area contributed by atoms with Crippen molar-refractivity contribution in [3.63, 3.8) is 0 Å². The molecular formula is C19H19N5O. The molecule has 1 fully saturated rings. The molecule has 0 aliphatic heterocycles. The molecule has 6 nitrogen and oxygen atoms in total. The molecule has 0 spiro atoms. The van der Waals surface area contributed by atoms with E-state index >= 15 is 0 Å². The Kier molecular flexibility index (Phi) is 3.60. The average Bonchev–Trinajstić information content (AvgIpc) is 3.32. The van der Waals surface area contributed by atoms with Crippen molar-refractivity contribution in [2.75, 3.05) is 11.1 Å². The van der Waals surface area contributed by atoms with Gasteiger partial charge in [0, 0.05) is 35.5 Å². The van der Waals surface area contributed by atoms with E-state index in [-0.39, 0.29) is 11.8 Å². The number of fused-ring (bicyclic) bond motifs is 1. The molecule has 0 aromatic carbocycles. The lowest BCUT2D eigenvalue weighted by molar-refractivity contribution is -0.117. The molecule has 2 atom stereocenters. The minimum Gasteiger partial charge on any atom is -0.383 e. The number of hydrogen-bond donors (Lipinski definition) is 2. The van der Waals surface area contributed by atoms with Crippen molar-refractivity contribution in [3.05, 3.63) is 42.4 Å². The molecule has 1 aliphatic rings. The van der Waals surface area contributed by atoms with Crippen LogP contribution in [-0.4, -0.2) is 20.9 Å². The highest BCUT2D eigenvalue weighted by molar-refractivity contribution is 5.98. The fourth-order valence-electron chi connectivity index (χ4n) is 3.02. The van der Waals surface area contributed by atoms with Crippen LogP contribution in [0.1, 0.15) is 18.9 Å². The van der Waals surface area contributed by atoms with Crippen LogP contribution in [0.5, 0.6) is 0 Å². The first-order chi connectivity index (χ1) is 12.0. The Bertz CT molecular complexity index is 985. The Hall–Kier alpha value is -3.02. The highest BCUT2D eigenvalue weighted by Crippen LogP contribution is 2.38. The number of aromatic nitrogens is 3. The molecule has 3 aromatic rings. The molecule has 3 heterocycles. The summed E-state index contributed by atoms with van der Waals surface area (Å²) in [5.41, 5.74) is 8.88. The van der Waals surface area contributed by atoms with Gasteiger partial charge in [-0.05, 0) is 48.4 Å². The molecular weight excluding hydrogens is 314 g/mol. The number of pyridine rings is 3. The van der Waals surface area contributed by atoms with Crippen LogP contribution in [0.25, 0.3) is 22.0 Å². The van der Waals surface area contributed by atoms with Crippen molar-refractivity contribution in [1.29, 1.82) is 0 Å². The summed E-state index contributed by atoms with van der Waals surface area (Å²) in [4.78, 5) is 25.1. The van der Waals surface area contributed by atoms with Gasteiger partial charge in [0.15, 0.2) is 0 Å². The van der Waals surface area contributed by atoms with E-state index in [9.17, 15) is 4.79 Å². The predicted molar refractivity (Wildman–Crippen MR) is 97.8 cm³/mol. The summed E-state index contributed by atoms with van der Waals surface area (Å²) < 4.78 is 0. The smallest absolute Gasteiger partial charge is 0.228 e. The van der Waals surface area contributed by atoms with Gasteiger partial charge in [0.25, 0.3) is 0 Å². The molecule has 3 N–H and O–H groups in total. The molecule has 0 bridgehead atoms. The summed E-state index contributed by atoms with van der Waals surface area (Å²) in [5, 5.41) is 4.55. The molecule has 25 heavy (non-hydrogen) atoms. The van der Waals surface area contributed by atoms with Crippen molar-refractivity contribution in [2.45, 2.75) is 20.3 Å².